The number of fused-ring (bicyclic) bond motifs is 1. The smallest absolute Gasteiger partial charge is 0.179 e. The summed E-state index contributed by atoms with van der Waals surface area (Å²) in [6.45, 7) is 2.17. The average Bonchev–Trinajstić information content (AvgIpc) is 2.92. The van der Waals surface area contributed by atoms with Crippen molar-refractivity contribution in [1.82, 2.24) is 5.32 Å². The lowest BCUT2D eigenvalue weighted by Gasteiger charge is -2.20. The van der Waals surface area contributed by atoms with Gasteiger partial charge in [-0.05, 0) is 42.8 Å². The molecule has 1 atom stereocenters. The molecule has 1 aromatic carbocycles. The highest BCUT2D eigenvalue weighted by Gasteiger charge is 2.17. The number of thioether (sulfide) groups is 1. The summed E-state index contributed by atoms with van der Waals surface area (Å²) in [7, 11) is 0. The summed E-state index contributed by atoms with van der Waals surface area (Å²) in [4.78, 5) is 0. The monoisotopic (exact) mass is 299 g/mol. The van der Waals surface area contributed by atoms with Gasteiger partial charge >= 0.3 is 0 Å². The van der Waals surface area contributed by atoms with Gasteiger partial charge in [0.1, 0.15) is 13.2 Å². The molecule has 0 spiro atoms. The summed E-state index contributed by atoms with van der Waals surface area (Å²) >= 11 is 8.25. The highest BCUT2D eigenvalue weighted by molar-refractivity contribution is 7.99. The first kappa shape index (κ1) is 13.4. The van der Waals surface area contributed by atoms with E-state index in [-0.39, 0.29) is 0 Å². The van der Waals surface area contributed by atoms with E-state index in [1.54, 1.807) is 0 Å². The molecule has 0 aromatic heterocycles. The second kappa shape index (κ2) is 6.25. The molecular weight excluding hydrogens is 282 g/mol. The molecule has 2 aliphatic rings. The molecule has 1 aromatic rings. The fraction of sp³-hybridized carbons (Fsp3) is 0.571. The van der Waals surface area contributed by atoms with Crippen molar-refractivity contribution in [3.8, 4) is 11.5 Å². The van der Waals surface area contributed by atoms with E-state index in [1.807, 2.05) is 23.9 Å². The lowest BCUT2D eigenvalue weighted by Crippen LogP contribution is -2.30. The van der Waals surface area contributed by atoms with Gasteiger partial charge in [0.15, 0.2) is 11.5 Å². The fourth-order valence-electron chi connectivity index (χ4n) is 2.42. The molecule has 19 heavy (non-hydrogen) atoms. The molecule has 0 radical (unpaired) electrons. The van der Waals surface area contributed by atoms with Crippen LogP contribution in [0.25, 0.3) is 0 Å². The molecule has 1 N–H and O–H groups in total. The van der Waals surface area contributed by atoms with Crippen molar-refractivity contribution < 1.29 is 9.47 Å². The van der Waals surface area contributed by atoms with Crippen molar-refractivity contribution in [2.24, 2.45) is 0 Å². The van der Waals surface area contributed by atoms with Gasteiger partial charge in [-0.15, -0.1) is 0 Å². The molecule has 0 saturated carbocycles. The minimum absolute atomic E-state index is 0.576. The minimum atomic E-state index is 0.576. The standard InChI is InChI=1S/C14H18ClNO2S/c15-12-7-10(1-3-16-11-2-6-19-9-11)8-13-14(12)18-5-4-17-13/h7-8,11,16H,1-6,9H2. The zero-order valence-electron chi connectivity index (χ0n) is 10.8. The van der Waals surface area contributed by atoms with Crippen LogP contribution in [0.1, 0.15) is 12.0 Å². The van der Waals surface area contributed by atoms with Crippen LogP contribution < -0.4 is 14.8 Å². The zero-order chi connectivity index (χ0) is 13.1. The van der Waals surface area contributed by atoms with Gasteiger partial charge in [-0.2, -0.15) is 11.8 Å². The molecule has 0 amide bonds. The first-order chi connectivity index (χ1) is 9.33. The third-order valence-electron chi connectivity index (χ3n) is 3.43. The lowest BCUT2D eigenvalue weighted by molar-refractivity contribution is 0.171. The Hall–Kier alpha value is -0.580. The molecule has 1 saturated heterocycles. The lowest BCUT2D eigenvalue weighted by atomic mass is 10.1. The van der Waals surface area contributed by atoms with E-state index >= 15 is 0 Å². The van der Waals surface area contributed by atoms with Gasteiger partial charge in [0, 0.05) is 11.8 Å². The Labute approximate surface area is 123 Å². The van der Waals surface area contributed by atoms with E-state index in [9.17, 15) is 0 Å². The van der Waals surface area contributed by atoms with Crippen molar-refractivity contribution in [2.75, 3.05) is 31.3 Å². The SMILES string of the molecule is Clc1cc(CCNC2CCSC2)cc2c1OCCO2. The number of hydrogen-bond donors (Lipinski definition) is 1. The maximum atomic E-state index is 6.22. The minimum Gasteiger partial charge on any atom is -0.486 e. The largest absolute Gasteiger partial charge is 0.486 e. The Balaban J connectivity index is 1.59. The summed E-state index contributed by atoms with van der Waals surface area (Å²) in [5.74, 6) is 4.00. The van der Waals surface area contributed by atoms with Gasteiger partial charge in [0.05, 0.1) is 5.02 Å². The third-order valence-corrected chi connectivity index (χ3v) is 4.88. The Morgan fingerprint density at radius 1 is 1.32 bits per heavy atom. The number of benzene rings is 1. The number of hydrogen-bond acceptors (Lipinski definition) is 4. The Morgan fingerprint density at radius 3 is 3.05 bits per heavy atom. The number of rotatable bonds is 4. The van der Waals surface area contributed by atoms with Crippen LogP contribution in [0.5, 0.6) is 11.5 Å². The zero-order valence-corrected chi connectivity index (χ0v) is 12.4. The molecular formula is C14H18ClNO2S. The topological polar surface area (TPSA) is 30.5 Å². The highest BCUT2D eigenvalue weighted by Crippen LogP contribution is 2.38. The van der Waals surface area contributed by atoms with E-state index in [0.29, 0.717) is 30.0 Å². The molecule has 3 nitrogen and oxygen atoms in total. The molecule has 0 aliphatic carbocycles. The van der Waals surface area contributed by atoms with Crippen LogP contribution in [0, 0.1) is 0 Å². The van der Waals surface area contributed by atoms with Gasteiger partial charge in [-0.1, -0.05) is 11.6 Å². The van der Waals surface area contributed by atoms with Crippen molar-refractivity contribution >= 4 is 23.4 Å². The first-order valence-corrected chi connectivity index (χ1v) is 8.25. The van der Waals surface area contributed by atoms with E-state index in [4.69, 9.17) is 21.1 Å². The first-order valence-electron chi connectivity index (χ1n) is 6.72. The van der Waals surface area contributed by atoms with Gasteiger partial charge in [-0.3, -0.25) is 0 Å². The molecule has 3 rings (SSSR count). The van der Waals surface area contributed by atoms with Crippen LogP contribution in [-0.4, -0.2) is 37.3 Å². The quantitative estimate of drug-likeness (QED) is 0.926. The van der Waals surface area contributed by atoms with Crippen molar-refractivity contribution in [3.05, 3.63) is 22.7 Å². The second-order valence-corrected chi connectivity index (χ2v) is 6.42. The molecule has 104 valence electrons. The van der Waals surface area contributed by atoms with E-state index < -0.39 is 0 Å². The Morgan fingerprint density at radius 2 is 2.21 bits per heavy atom. The van der Waals surface area contributed by atoms with E-state index in [2.05, 4.69) is 5.32 Å². The Kier molecular flexibility index (Phi) is 4.41. The summed E-state index contributed by atoms with van der Waals surface area (Å²) in [5.41, 5.74) is 1.20. The van der Waals surface area contributed by atoms with Gasteiger partial charge in [0.2, 0.25) is 0 Å². The van der Waals surface area contributed by atoms with Crippen LogP contribution >= 0.6 is 23.4 Å². The van der Waals surface area contributed by atoms with Crippen molar-refractivity contribution in [2.45, 2.75) is 18.9 Å². The number of ether oxygens (including phenoxy) is 2. The van der Waals surface area contributed by atoms with Gasteiger partial charge < -0.3 is 14.8 Å². The van der Waals surface area contributed by atoms with Crippen molar-refractivity contribution in [3.63, 3.8) is 0 Å². The number of nitrogens with one attached hydrogen (secondary N) is 1. The van der Waals surface area contributed by atoms with Crippen molar-refractivity contribution in [1.29, 1.82) is 0 Å². The molecule has 1 fully saturated rings. The summed E-state index contributed by atoms with van der Waals surface area (Å²) in [5, 5.41) is 4.25. The fourth-order valence-corrected chi connectivity index (χ4v) is 3.90. The molecule has 2 aliphatic heterocycles. The predicted molar refractivity (Wildman–Crippen MR) is 79.9 cm³/mol. The maximum Gasteiger partial charge on any atom is 0.179 e. The maximum absolute atomic E-state index is 6.22. The molecule has 5 heteroatoms. The van der Waals surface area contributed by atoms with Crippen LogP contribution in [0.3, 0.4) is 0 Å². The van der Waals surface area contributed by atoms with Crippen LogP contribution in [0.2, 0.25) is 5.02 Å². The summed E-state index contributed by atoms with van der Waals surface area (Å²) < 4.78 is 11.1. The van der Waals surface area contributed by atoms with Gasteiger partial charge in [0.25, 0.3) is 0 Å². The van der Waals surface area contributed by atoms with E-state index in [1.165, 1.54) is 23.5 Å². The van der Waals surface area contributed by atoms with Crippen LogP contribution in [-0.2, 0) is 6.42 Å². The van der Waals surface area contributed by atoms with Crippen LogP contribution in [0.4, 0.5) is 0 Å². The highest BCUT2D eigenvalue weighted by atomic mass is 35.5. The second-order valence-electron chi connectivity index (χ2n) is 4.87. The average molecular weight is 300 g/mol. The van der Waals surface area contributed by atoms with Gasteiger partial charge in [-0.25, -0.2) is 0 Å². The predicted octanol–water partition coefficient (Wildman–Crippen LogP) is 2.75. The summed E-state index contributed by atoms with van der Waals surface area (Å²) in [6.07, 6.45) is 2.25. The van der Waals surface area contributed by atoms with Crippen LogP contribution in [0.15, 0.2) is 12.1 Å². The normalized spacial score (nSPS) is 21.6. The summed E-state index contributed by atoms with van der Waals surface area (Å²) in [6, 6.07) is 4.71. The Bertz CT molecular complexity index is 449. The third kappa shape index (κ3) is 3.30. The molecule has 2 heterocycles. The molecule has 0 bridgehead atoms. The number of halogens is 1. The molecule has 1 unspecified atom stereocenters. The van der Waals surface area contributed by atoms with E-state index in [0.717, 1.165) is 18.7 Å².